The molecule has 6 heteroatoms. The molecule has 0 heterocycles. The van der Waals surface area contributed by atoms with Crippen molar-refractivity contribution in [3.05, 3.63) is 0 Å². The number of hydrogen-bond acceptors (Lipinski definition) is 6. The topological polar surface area (TPSA) is 89.9 Å². The zero-order valence-electron chi connectivity index (χ0n) is 14.1. The maximum Gasteiger partial charge on any atom is 0.305 e. The fraction of sp³-hybridized carbons (Fsp3) is 0.824. The number of hydrogen-bond donors (Lipinski definition) is 1. The predicted molar refractivity (Wildman–Crippen MR) is 83.3 cm³/mol. The molecule has 1 rings (SSSR count). The molecule has 1 aliphatic carbocycles. The van der Waals surface area contributed by atoms with E-state index in [0.29, 0.717) is 32.1 Å². The fourth-order valence-corrected chi connectivity index (χ4v) is 3.48. The second-order valence-corrected chi connectivity index (χ2v) is 6.28. The molecule has 0 bridgehead atoms. The number of methoxy groups -OCH3 is 1. The van der Waals surface area contributed by atoms with E-state index in [2.05, 4.69) is 4.74 Å². The first-order chi connectivity index (χ1) is 10.9. The van der Waals surface area contributed by atoms with Crippen LogP contribution in [0, 0.1) is 11.8 Å². The molecule has 0 amide bonds. The molecule has 0 saturated heterocycles. The summed E-state index contributed by atoms with van der Waals surface area (Å²) in [6.07, 6.45) is 6.95. The lowest BCUT2D eigenvalue weighted by Crippen LogP contribution is -2.40. The van der Waals surface area contributed by atoms with Crippen molar-refractivity contribution < 1.29 is 29.0 Å². The molecule has 0 aromatic heterocycles. The number of ether oxygens (including phenoxy) is 2. The van der Waals surface area contributed by atoms with E-state index in [0.717, 1.165) is 32.0 Å². The quantitative estimate of drug-likeness (QED) is 0.286. The molecule has 1 fully saturated rings. The summed E-state index contributed by atoms with van der Waals surface area (Å²) in [6, 6.07) is 0. The van der Waals surface area contributed by atoms with Gasteiger partial charge in [0.2, 0.25) is 5.79 Å². The van der Waals surface area contributed by atoms with Gasteiger partial charge in [0.15, 0.2) is 0 Å². The zero-order chi connectivity index (χ0) is 17.3. The average Bonchev–Trinajstić information content (AvgIpc) is 2.78. The minimum Gasteiger partial charge on any atom is -0.469 e. The monoisotopic (exact) mass is 328 g/mol. The Morgan fingerprint density at radius 1 is 1.26 bits per heavy atom. The van der Waals surface area contributed by atoms with Crippen molar-refractivity contribution in [2.45, 2.75) is 70.5 Å². The van der Waals surface area contributed by atoms with E-state index < -0.39 is 11.8 Å². The van der Waals surface area contributed by atoms with Crippen molar-refractivity contribution in [1.82, 2.24) is 0 Å². The maximum atomic E-state index is 11.2. The molecule has 0 radical (unpaired) electrons. The highest BCUT2D eigenvalue weighted by atomic mass is 16.7. The van der Waals surface area contributed by atoms with Gasteiger partial charge < -0.3 is 19.4 Å². The number of rotatable bonds is 10. The van der Waals surface area contributed by atoms with Crippen molar-refractivity contribution in [3.8, 4) is 0 Å². The fourth-order valence-electron chi connectivity index (χ4n) is 3.48. The Morgan fingerprint density at radius 2 is 1.96 bits per heavy atom. The van der Waals surface area contributed by atoms with E-state index >= 15 is 0 Å². The number of aliphatic hydroxyl groups is 1. The van der Waals surface area contributed by atoms with Crippen LogP contribution in [0.5, 0.6) is 0 Å². The van der Waals surface area contributed by atoms with Gasteiger partial charge in [-0.25, -0.2) is 0 Å². The van der Waals surface area contributed by atoms with Gasteiger partial charge in [-0.1, -0.05) is 19.3 Å². The van der Waals surface area contributed by atoms with Gasteiger partial charge in [0.05, 0.1) is 7.11 Å². The normalized spacial score (nSPS) is 26.7. The van der Waals surface area contributed by atoms with Crippen molar-refractivity contribution in [2.75, 3.05) is 7.11 Å². The highest BCUT2D eigenvalue weighted by molar-refractivity contribution is 5.69. The molecular formula is C17H28O6. The van der Waals surface area contributed by atoms with Crippen LogP contribution in [-0.4, -0.2) is 36.2 Å². The Labute approximate surface area is 137 Å². The van der Waals surface area contributed by atoms with Gasteiger partial charge in [-0.2, -0.15) is 0 Å². The van der Waals surface area contributed by atoms with Crippen LogP contribution in [0.2, 0.25) is 0 Å². The second-order valence-electron chi connectivity index (χ2n) is 6.28. The molecule has 23 heavy (non-hydrogen) atoms. The van der Waals surface area contributed by atoms with Crippen molar-refractivity contribution in [3.63, 3.8) is 0 Å². The Morgan fingerprint density at radius 3 is 2.57 bits per heavy atom. The van der Waals surface area contributed by atoms with Crippen molar-refractivity contribution in [2.24, 2.45) is 11.8 Å². The third kappa shape index (κ3) is 6.29. The summed E-state index contributed by atoms with van der Waals surface area (Å²) in [5.41, 5.74) is 0. The van der Waals surface area contributed by atoms with E-state index in [1.165, 1.54) is 14.0 Å². The molecule has 0 aliphatic heterocycles. The standard InChI is InChI=1S/C17H28O6/c1-13(19)23-17(21)11-9-14(10-12-18)15(17)7-5-3-4-6-8-16(20)22-2/h12,14-15,21H,3-11H2,1-2H3. The van der Waals surface area contributed by atoms with E-state index in [-0.39, 0.29) is 17.8 Å². The Bertz CT molecular complexity index is 408. The van der Waals surface area contributed by atoms with Crippen molar-refractivity contribution in [1.29, 1.82) is 0 Å². The molecule has 6 nitrogen and oxygen atoms in total. The van der Waals surface area contributed by atoms with Crippen LogP contribution in [0.25, 0.3) is 0 Å². The first kappa shape index (κ1) is 19.6. The van der Waals surface area contributed by atoms with E-state index in [1.807, 2.05) is 0 Å². The molecule has 0 spiro atoms. The largest absolute Gasteiger partial charge is 0.469 e. The summed E-state index contributed by atoms with van der Waals surface area (Å²) in [6.45, 7) is 1.29. The molecule has 3 atom stereocenters. The summed E-state index contributed by atoms with van der Waals surface area (Å²) in [5.74, 6) is -2.27. The lowest BCUT2D eigenvalue weighted by atomic mass is 9.86. The zero-order valence-corrected chi connectivity index (χ0v) is 14.1. The van der Waals surface area contributed by atoms with Crippen LogP contribution >= 0.6 is 0 Å². The van der Waals surface area contributed by atoms with E-state index in [1.54, 1.807) is 0 Å². The highest BCUT2D eigenvalue weighted by Crippen LogP contribution is 2.45. The summed E-state index contributed by atoms with van der Waals surface area (Å²) >= 11 is 0. The van der Waals surface area contributed by atoms with Gasteiger partial charge in [0.1, 0.15) is 6.29 Å². The molecule has 1 aliphatic rings. The average molecular weight is 328 g/mol. The number of unbranched alkanes of at least 4 members (excludes halogenated alkanes) is 3. The maximum absolute atomic E-state index is 11.2. The third-order valence-corrected chi connectivity index (χ3v) is 4.61. The summed E-state index contributed by atoms with van der Waals surface area (Å²) in [7, 11) is 1.38. The molecular weight excluding hydrogens is 300 g/mol. The molecule has 0 aromatic rings. The van der Waals surface area contributed by atoms with Gasteiger partial charge in [-0.15, -0.1) is 0 Å². The van der Waals surface area contributed by atoms with Gasteiger partial charge >= 0.3 is 11.9 Å². The Kier molecular flexibility index (Phi) is 8.23. The van der Waals surface area contributed by atoms with Gasteiger partial charge in [0.25, 0.3) is 0 Å². The van der Waals surface area contributed by atoms with Gasteiger partial charge in [0, 0.05) is 32.1 Å². The lowest BCUT2D eigenvalue weighted by molar-refractivity contribution is -0.225. The SMILES string of the molecule is COC(=O)CCCCCCC1C(CC=O)CCC1(O)OC(C)=O. The minimum atomic E-state index is -1.44. The number of carbonyl (C=O) groups excluding carboxylic acids is 3. The number of esters is 2. The smallest absolute Gasteiger partial charge is 0.305 e. The Hall–Kier alpha value is -1.43. The third-order valence-electron chi connectivity index (χ3n) is 4.61. The lowest BCUT2D eigenvalue weighted by Gasteiger charge is -2.31. The highest BCUT2D eigenvalue weighted by Gasteiger charge is 2.49. The molecule has 3 unspecified atom stereocenters. The van der Waals surface area contributed by atoms with Gasteiger partial charge in [-0.3, -0.25) is 9.59 Å². The molecule has 0 aromatic carbocycles. The summed E-state index contributed by atoms with van der Waals surface area (Å²) in [5, 5.41) is 10.6. The first-order valence-electron chi connectivity index (χ1n) is 8.35. The first-order valence-corrected chi connectivity index (χ1v) is 8.35. The number of aldehydes is 1. The molecule has 1 saturated carbocycles. The summed E-state index contributed by atoms with van der Waals surface area (Å²) in [4.78, 5) is 33.1. The minimum absolute atomic E-state index is 0.0620. The predicted octanol–water partition coefficient (Wildman–Crippen LogP) is 2.37. The van der Waals surface area contributed by atoms with E-state index in [9.17, 15) is 19.5 Å². The summed E-state index contributed by atoms with van der Waals surface area (Å²) < 4.78 is 9.74. The van der Waals surface area contributed by atoms with Crippen LogP contribution < -0.4 is 0 Å². The van der Waals surface area contributed by atoms with Crippen LogP contribution in [0.1, 0.15) is 64.7 Å². The second kappa shape index (κ2) is 9.65. The van der Waals surface area contributed by atoms with Crippen LogP contribution in [0.15, 0.2) is 0 Å². The van der Waals surface area contributed by atoms with Crippen molar-refractivity contribution >= 4 is 18.2 Å². The van der Waals surface area contributed by atoms with Crippen LogP contribution in [0.4, 0.5) is 0 Å². The molecule has 132 valence electrons. The van der Waals surface area contributed by atoms with Crippen LogP contribution in [-0.2, 0) is 23.9 Å². The Balaban J connectivity index is 2.43. The molecule has 1 N–H and O–H groups in total. The number of carbonyl (C=O) groups is 3. The van der Waals surface area contributed by atoms with Crippen LogP contribution in [0.3, 0.4) is 0 Å². The van der Waals surface area contributed by atoms with Gasteiger partial charge in [-0.05, 0) is 25.2 Å². The van der Waals surface area contributed by atoms with E-state index in [4.69, 9.17) is 4.74 Å².